The number of methoxy groups -OCH3 is 1. The third-order valence-electron chi connectivity index (χ3n) is 6.50. The summed E-state index contributed by atoms with van der Waals surface area (Å²) < 4.78 is 86.4. The van der Waals surface area contributed by atoms with Crippen LogP contribution >= 0.6 is 0 Å². The van der Waals surface area contributed by atoms with Gasteiger partial charge in [0.25, 0.3) is 5.56 Å². The van der Waals surface area contributed by atoms with Gasteiger partial charge in [0, 0.05) is 12.0 Å². The summed E-state index contributed by atoms with van der Waals surface area (Å²) in [5.41, 5.74) is 4.30. The van der Waals surface area contributed by atoms with E-state index < -0.39 is 49.7 Å². The average molecular weight is 600 g/mol. The van der Waals surface area contributed by atoms with Crippen LogP contribution in [-0.4, -0.2) is 30.1 Å². The molecule has 216 valence electrons. The molecule has 2 heterocycles. The third-order valence-corrected chi connectivity index (χ3v) is 7.41. The van der Waals surface area contributed by atoms with Crippen molar-refractivity contribution in [2.75, 3.05) is 12.8 Å². The minimum atomic E-state index is -4.79. The number of halogens is 4. The van der Waals surface area contributed by atoms with E-state index in [1.165, 1.54) is 61.7 Å². The standard InChI is InChI=1S/C28H21F4N5O4S/c1-41-25-24(42(34,39)40)14-17(22(35-25)13-16-6-2-4-8-20(16)29)15-10-11-21-18(12-15)26(38)37(27(33)36-21)23-9-5-3-7-19(23)28(30,31)32/h2-12,14H,13H2,1H3,(H2,33,36)(H2,34,39,40). The summed E-state index contributed by atoms with van der Waals surface area (Å²) in [5, 5.41) is 5.27. The molecule has 5 aromatic rings. The van der Waals surface area contributed by atoms with Crippen molar-refractivity contribution in [3.63, 3.8) is 0 Å². The first-order chi connectivity index (χ1) is 19.8. The first-order valence-corrected chi connectivity index (χ1v) is 13.7. The van der Waals surface area contributed by atoms with Crippen LogP contribution in [0.5, 0.6) is 5.88 Å². The highest BCUT2D eigenvalue weighted by molar-refractivity contribution is 7.89. The molecule has 0 unspecified atom stereocenters. The summed E-state index contributed by atoms with van der Waals surface area (Å²) in [4.78, 5) is 21.6. The van der Waals surface area contributed by atoms with Crippen LogP contribution in [0.1, 0.15) is 16.8 Å². The van der Waals surface area contributed by atoms with E-state index in [2.05, 4.69) is 9.97 Å². The summed E-state index contributed by atoms with van der Waals surface area (Å²) in [6.45, 7) is 0. The van der Waals surface area contributed by atoms with Crippen molar-refractivity contribution in [1.29, 1.82) is 0 Å². The van der Waals surface area contributed by atoms with E-state index >= 15 is 0 Å². The van der Waals surface area contributed by atoms with Crippen molar-refractivity contribution >= 4 is 26.9 Å². The number of rotatable bonds is 6. The molecule has 0 spiro atoms. The molecule has 42 heavy (non-hydrogen) atoms. The zero-order valence-corrected chi connectivity index (χ0v) is 22.5. The maximum absolute atomic E-state index is 14.6. The number of hydrogen-bond acceptors (Lipinski definition) is 7. The maximum atomic E-state index is 14.6. The minimum Gasteiger partial charge on any atom is -0.480 e. The second-order valence-corrected chi connectivity index (χ2v) is 10.7. The number of benzene rings is 3. The lowest BCUT2D eigenvalue weighted by atomic mass is 9.98. The summed E-state index contributed by atoms with van der Waals surface area (Å²) in [6, 6.07) is 15.7. The Morgan fingerprint density at radius 3 is 2.33 bits per heavy atom. The Bertz CT molecular complexity index is 2030. The van der Waals surface area contributed by atoms with E-state index in [1.54, 1.807) is 6.07 Å². The highest BCUT2D eigenvalue weighted by atomic mass is 32.2. The number of aromatic nitrogens is 3. The fraction of sp³-hybridized carbons (Fsp3) is 0.107. The number of fused-ring (bicyclic) bond motifs is 1. The third kappa shape index (κ3) is 5.29. The normalized spacial score (nSPS) is 12.0. The van der Waals surface area contributed by atoms with Crippen LogP contribution in [0.15, 0.2) is 82.5 Å². The molecular formula is C28H21F4N5O4S. The van der Waals surface area contributed by atoms with Gasteiger partial charge in [0.15, 0.2) is 0 Å². The summed E-state index contributed by atoms with van der Waals surface area (Å²) >= 11 is 0. The lowest BCUT2D eigenvalue weighted by Crippen LogP contribution is -2.25. The number of nitrogens with two attached hydrogens (primary N) is 2. The molecule has 3 aromatic carbocycles. The molecule has 0 fully saturated rings. The number of ether oxygens (including phenoxy) is 1. The molecule has 4 N–H and O–H groups in total. The Morgan fingerprint density at radius 2 is 1.67 bits per heavy atom. The van der Waals surface area contributed by atoms with E-state index in [-0.39, 0.29) is 45.6 Å². The molecule has 0 aliphatic heterocycles. The fourth-order valence-electron chi connectivity index (χ4n) is 4.58. The number of alkyl halides is 3. The highest BCUT2D eigenvalue weighted by Crippen LogP contribution is 2.35. The largest absolute Gasteiger partial charge is 0.480 e. The number of nitrogens with zero attached hydrogens (tertiary/aromatic N) is 3. The molecule has 0 aliphatic carbocycles. The van der Waals surface area contributed by atoms with E-state index in [9.17, 15) is 30.8 Å². The van der Waals surface area contributed by atoms with E-state index in [1.807, 2.05) is 0 Å². The molecule has 0 atom stereocenters. The first kappa shape index (κ1) is 28.7. The molecule has 2 aromatic heterocycles. The molecular weight excluding hydrogens is 578 g/mol. The van der Waals surface area contributed by atoms with Crippen molar-refractivity contribution in [3.8, 4) is 22.7 Å². The molecule has 14 heteroatoms. The average Bonchev–Trinajstić information content (AvgIpc) is 2.93. The number of para-hydroxylation sites is 1. The van der Waals surface area contributed by atoms with Gasteiger partial charge in [-0.1, -0.05) is 36.4 Å². The number of nitrogen functional groups attached to an aromatic ring is 1. The molecule has 0 saturated carbocycles. The van der Waals surface area contributed by atoms with Crippen LogP contribution < -0.4 is 21.2 Å². The zero-order chi connectivity index (χ0) is 30.4. The molecule has 0 amide bonds. The van der Waals surface area contributed by atoms with Crippen LogP contribution in [0.3, 0.4) is 0 Å². The topological polar surface area (TPSA) is 143 Å². The lowest BCUT2D eigenvalue weighted by molar-refractivity contribution is -0.137. The van der Waals surface area contributed by atoms with Crippen LogP contribution in [-0.2, 0) is 22.6 Å². The molecule has 5 rings (SSSR count). The van der Waals surface area contributed by atoms with Crippen LogP contribution in [0.4, 0.5) is 23.5 Å². The smallest absolute Gasteiger partial charge is 0.418 e. The minimum absolute atomic E-state index is 0.0748. The summed E-state index contributed by atoms with van der Waals surface area (Å²) in [7, 11) is -3.16. The van der Waals surface area contributed by atoms with Crippen LogP contribution in [0, 0.1) is 5.82 Å². The van der Waals surface area contributed by atoms with Crippen LogP contribution in [0.2, 0.25) is 0 Å². The molecule has 0 saturated heterocycles. The van der Waals surface area contributed by atoms with Gasteiger partial charge >= 0.3 is 6.18 Å². The predicted octanol–water partition coefficient (Wildman–Crippen LogP) is 4.43. The zero-order valence-electron chi connectivity index (χ0n) is 21.7. The molecule has 0 bridgehead atoms. The quantitative estimate of drug-likeness (QED) is 0.275. The Kier molecular flexibility index (Phi) is 7.20. The predicted molar refractivity (Wildman–Crippen MR) is 147 cm³/mol. The van der Waals surface area contributed by atoms with Crippen molar-refractivity contribution < 1.29 is 30.7 Å². The van der Waals surface area contributed by atoms with Gasteiger partial charge in [0.05, 0.1) is 35.0 Å². The van der Waals surface area contributed by atoms with E-state index in [4.69, 9.17) is 15.6 Å². The Hall–Kier alpha value is -4.82. The van der Waals surface area contributed by atoms with Crippen molar-refractivity contribution in [2.45, 2.75) is 17.5 Å². The number of anilines is 1. The van der Waals surface area contributed by atoms with Gasteiger partial charge in [-0.05, 0) is 47.5 Å². The number of sulfonamides is 1. The first-order valence-electron chi connectivity index (χ1n) is 12.1. The highest BCUT2D eigenvalue weighted by Gasteiger charge is 2.34. The maximum Gasteiger partial charge on any atom is 0.418 e. The SMILES string of the molecule is COc1nc(Cc2ccccc2F)c(-c2ccc3nc(N)n(-c4ccccc4C(F)(F)F)c(=O)c3c2)cc1S(N)(=O)=O. The van der Waals surface area contributed by atoms with Gasteiger partial charge in [-0.3, -0.25) is 4.79 Å². The van der Waals surface area contributed by atoms with Gasteiger partial charge in [-0.2, -0.15) is 13.2 Å². The van der Waals surface area contributed by atoms with Crippen molar-refractivity contribution in [1.82, 2.24) is 14.5 Å². The Morgan fingerprint density at radius 1 is 0.976 bits per heavy atom. The van der Waals surface area contributed by atoms with E-state index in [0.29, 0.717) is 4.57 Å². The van der Waals surface area contributed by atoms with Gasteiger partial charge in [-0.25, -0.2) is 32.5 Å². The second kappa shape index (κ2) is 10.5. The Labute approximate surface area is 236 Å². The fourth-order valence-corrected chi connectivity index (χ4v) is 5.24. The van der Waals surface area contributed by atoms with Crippen molar-refractivity contribution in [3.05, 3.63) is 106 Å². The van der Waals surface area contributed by atoms with Gasteiger partial charge in [0.1, 0.15) is 10.7 Å². The van der Waals surface area contributed by atoms with Gasteiger partial charge in [-0.15, -0.1) is 0 Å². The van der Waals surface area contributed by atoms with Crippen LogP contribution in [0.25, 0.3) is 27.7 Å². The number of primary sulfonamides is 1. The summed E-state index contributed by atoms with van der Waals surface area (Å²) in [6.07, 6.45) is -4.90. The Balaban J connectivity index is 1.78. The van der Waals surface area contributed by atoms with Gasteiger partial charge in [0.2, 0.25) is 21.9 Å². The number of hydrogen-bond donors (Lipinski definition) is 2. The molecule has 0 radical (unpaired) electrons. The monoisotopic (exact) mass is 599 g/mol. The second-order valence-electron chi connectivity index (χ2n) is 9.16. The van der Waals surface area contributed by atoms with E-state index in [0.717, 1.165) is 12.1 Å². The van der Waals surface area contributed by atoms with Gasteiger partial charge < -0.3 is 10.5 Å². The van der Waals surface area contributed by atoms with Crippen molar-refractivity contribution in [2.24, 2.45) is 5.14 Å². The summed E-state index contributed by atoms with van der Waals surface area (Å²) in [5.74, 6) is -1.34. The molecule has 0 aliphatic rings. The molecule has 9 nitrogen and oxygen atoms in total. The lowest BCUT2D eigenvalue weighted by Gasteiger charge is -2.17. The number of pyridine rings is 1.